The zero-order valence-electron chi connectivity index (χ0n) is 18.9. The van der Waals surface area contributed by atoms with Crippen LogP contribution in [0.15, 0.2) is 35.2 Å². The first kappa shape index (κ1) is 25.3. The second-order valence-corrected chi connectivity index (χ2v) is 10.5. The van der Waals surface area contributed by atoms with Crippen LogP contribution in [0.1, 0.15) is 59.3 Å². The number of aliphatic hydroxyl groups excluding tert-OH is 2. The van der Waals surface area contributed by atoms with Gasteiger partial charge in [0.2, 0.25) is 0 Å². The predicted octanol–water partition coefficient (Wildman–Crippen LogP) is 2.84. The van der Waals surface area contributed by atoms with Crippen molar-refractivity contribution in [2.24, 2.45) is 5.92 Å². The fourth-order valence-electron chi connectivity index (χ4n) is 4.43. The Balaban J connectivity index is 1.42. The van der Waals surface area contributed by atoms with E-state index in [2.05, 4.69) is 0 Å². The maximum absolute atomic E-state index is 12.7. The third-order valence-corrected chi connectivity index (χ3v) is 7.35. The van der Waals surface area contributed by atoms with Gasteiger partial charge in [-0.25, -0.2) is 0 Å². The van der Waals surface area contributed by atoms with Crippen molar-refractivity contribution in [3.8, 4) is 0 Å². The van der Waals surface area contributed by atoms with Crippen LogP contribution in [0.4, 0.5) is 0 Å². The molecule has 1 aliphatic heterocycles. The molecule has 7 nitrogen and oxygen atoms in total. The Hall–Kier alpha value is -1.29. The van der Waals surface area contributed by atoms with Crippen LogP contribution in [-0.4, -0.2) is 62.0 Å². The van der Waals surface area contributed by atoms with Gasteiger partial charge in [0, 0.05) is 24.2 Å². The van der Waals surface area contributed by atoms with E-state index in [4.69, 9.17) is 9.47 Å². The number of carbonyl (C=O) groups is 2. The first-order valence-corrected chi connectivity index (χ1v) is 12.1. The molecule has 6 atom stereocenters. The predicted molar refractivity (Wildman–Crippen MR) is 120 cm³/mol. The van der Waals surface area contributed by atoms with E-state index in [-0.39, 0.29) is 30.2 Å². The smallest absolute Gasteiger partial charge is 0.199 e. The lowest BCUT2D eigenvalue weighted by Crippen LogP contribution is -2.55. The molecule has 1 saturated heterocycles. The summed E-state index contributed by atoms with van der Waals surface area (Å²) in [6, 6.07) is 9.31. The maximum atomic E-state index is 12.7. The van der Waals surface area contributed by atoms with E-state index in [0.717, 1.165) is 16.7 Å². The van der Waals surface area contributed by atoms with E-state index in [1.54, 1.807) is 20.8 Å². The number of thioether (sulfide) groups is 1. The van der Waals surface area contributed by atoms with Gasteiger partial charge >= 0.3 is 0 Å². The second-order valence-electron chi connectivity index (χ2n) is 9.40. The third kappa shape index (κ3) is 6.18. The molecular weight excluding hydrogens is 432 g/mol. The van der Waals surface area contributed by atoms with Gasteiger partial charge in [0.1, 0.15) is 11.7 Å². The molecule has 2 fully saturated rings. The van der Waals surface area contributed by atoms with Gasteiger partial charge in [-0.15, -0.1) is 0 Å². The van der Waals surface area contributed by atoms with Crippen molar-refractivity contribution in [3.05, 3.63) is 30.3 Å². The van der Waals surface area contributed by atoms with Crippen molar-refractivity contribution < 1.29 is 34.4 Å². The molecule has 1 aliphatic carbocycles. The minimum atomic E-state index is -1.64. The van der Waals surface area contributed by atoms with Gasteiger partial charge < -0.3 is 24.8 Å². The van der Waals surface area contributed by atoms with Crippen molar-refractivity contribution in [2.75, 3.05) is 0 Å². The number of aliphatic hydroxyl groups is 3. The highest BCUT2D eigenvalue weighted by atomic mass is 32.2. The van der Waals surface area contributed by atoms with Crippen molar-refractivity contribution in [1.29, 1.82) is 0 Å². The van der Waals surface area contributed by atoms with Crippen LogP contribution in [-0.2, 0) is 19.1 Å². The van der Waals surface area contributed by atoms with Crippen LogP contribution in [0, 0.1) is 5.92 Å². The summed E-state index contributed by atoms with van der Waals surface area (Å²) in [5, 5.41) is 31.6. The summed E-state index contributed by atoms with van der Waals surface area (Å²) >= 11 is 1.12. The minimum Gasteiger partial charge on any atom is -0.392 e. The highest BCUT2D eigenvalue weighted by molar-refractivity contribution is 8.13. The molecule has 3 N–H and O–H groups in total. The lowest BCUT2D eigenvalue weighted by atomic mass is 9.76. The zero-order chi connectivity index (χ0) is 23.5. The van der Waals surface area contributed by atoms with Crippen LogP contribution in [0.5, 0.6) is 0 Å². The number of Topliss-reactive ketones (excluding diaryl/α,β-unsaturated/α-hetero) is 1. The Labute approximate surface area is 193 Å². The van der Waals surface area contributed by atoms with E-state index >= 15 is 0 Å². The zero-order valence-corrected chi connectivity index (χ0v) is 19.7. The normalized spacial score (nSPS) is 31.0. The number of fused-ring (bicyclic) bond motifs is 1. The number of ketones is 1. The quantitative estimate of drug-likeness (QED) is 0.376. The van der Waals surface area contributed by atoms with Gasteiger partial charge in [0.05, 0.1) is 24.2 Å². The second kappa shape index (κ2) is 10.3. The van der Waals surface area contributed by atoms with E-state index in [9.17, 15) is 24.9 Å². The molecule has 0 bridgehead atoms. The summed E-state index contributed by atoms with van der Waals surface area (Å²) in [5.41, 5.74) is -1.64. The van der Waals surface area contributed by atoms with Crippen molar-refractivity contribution >= 4 is 22.7 Å². The van der Waals surface area contributed by atoms with Crippen LogP contribution in [0.25, 0.3) is 0 Å². The minimum absolute atomic E-state index is 0.0721. The van der Waals surface area contributed by atoms with Crippen LogP contribution >= 0.6 is 11.8 Å². The summed E-state index contributed by atoms with van der Waals surface area (Å²) in [5.74, 6) is -1.71. The summed E-state index contributed by atoms with van der Waals surface area (Å²) < 4.78 is 11.4. The SMILES string of the molecule is C[C@H](C(=O)Sc1ccccc1)[C@H](O)CCCCC(=O)[C@@]1(O)C[C@@H](O)[C@@H]2OC(C)(C)O[C@@H]2C1. The molecule has 178 valence electrons. The summed E-state index contributed by atoms with van der Waals surface area (Å²) in [6.45, 7) is 5.20. The number of unbranched alkanes of at least 4 members (excludes halogenated alkanes) is 1. The molecule has 0 spiro atoms. The Morgan fingerprint density at radius 1 is 1.16 bits per heavy atom. The molecule has 1 aromatic rings. The molecule has 1 saturated carbocycles. The molecule has 0 unspecified atom stereocenters. The topological polar surface area (TPSA) is 113 Å². The lowest BCUT2D eigenvalue weighted by molar-refractivity contribution is -0.156. The van der Waals surface area contributed by atoms with E-state index in [1.165, 1.54) is 0 Å². The highest BCUT2D eigenvalue weighted by Crippen LogP contribution is 2.41. The fourth-order valence-corrected chi connectivity index (χ4v) is 5.30. The number of carbonyl (C=O) groups excluding carboxylic acids is 2. The van der Waals surface area contributed by atoms with Gasteiger partial charge in [-0.3, -0.25) is 9.59 Å². The Morgan fingerprint density at radius 2 is 1.84 bits per heavy atom. The first-order valence-electron chi connectivity index (χ1n) is 11.2. The van der Waals surface area contributed by atoms with Gasteiger partial charge in [-0.2, -0.15) is 0 Å². The van der Waals surface area contributed by atoms with Crippen LogP contribution in [0.3, 0.4) is 0 Å². The molecule has 0 radical (unpaired) electrons. The summed E-state index contributed by atoms with van der Waals surface area (Å²) in [7, 11) is 0. The largest absolute Gasteiger partial charge is 0.392 e. The first-order chi connectivity index (χ1) is 15.0. The van der Waals surface area contributed by atoms with Gasteiger partial charge in [-0.1, -0.05) is 43.3 Å². The third-order valence-electron chi connectivity index (χ3n) is 6.27. The number of benzene rings is 1. The average Bonchev–Trinajstić information content (AvgIpc) is 3.05. The van der Waals surface area contributed by atoms with Gasteiger partial charge in [-0.05, 0) is 38.8 Å². The number of rotatable bonds is 9. The number of hydrogen-bond acceptors (Lipinski definition) is 8. The fraction of sp³-hybridized carbons (Fsp3) is 0.667. The van der Waals surface area contributed by atoms with E-state index in [0.29, 0.717) is 19.3 Å². The molecular formula is C24H34O7S. The van der Waals surface area contributed by atoms with Crippen molar-refractivity contribution in [2.45, 2.75) is 100.0 Å². The number of hydrogen-bond donors (Lipinski definition) is 3. The van der Waals surface area contributed by atoms with Gasteiger partial charge in [0.15, 0.2) is 16.7 Å². The molecule has 32 heavy (non-hydrogen) atoms. The maximum Gasteiger partial charge on any atom is 0.199 e. The molecule has 0 aromatic heterocycles. The molecule has 3 rings (SSSR count). The summed E-state index contributed by atoms with van der Waals surface area (Å²) in [4.78, 5) is 25.9. The van der Waals surface area contributed by atoms with E-state index < -0.39 is 41.7 Å². The Morgan fingerprint density at radius 3 is 2.53 bits per heavy atom. The summed E-state index contributed by atoms with van der Waals surface area (Å²) in [6.07, 6.45) is -1.24. The Kier molecular flexibility index (Phi) is 8.17. The lowest BCUT2D eigenvalue weighted by Gasteiger charge is -2.38. The van der Waals surface area contributed by atoms with Crippen LogP contribution in [0.2, 0.25) is 0 Å². The van der Waals surface area contributed by atoms with Crippen LogP contribution < -0.4 is 0 Å². The standard InChI is InChI=1S/C24H34O7S/c1-15(22(28)32-16-9-5-4-6-10-16)17(25)11-7-8-12-20(27)24(29)13-18(26)21-19(14-24)30-23(2,3)31-21/h4-6,9-10,15,17-19,21,25-26,29H,7-8,11-14H2,1-3H3/t15-,17+,18+,19+,21-,24+/m0/s1. The van der Waals surface area contributed by atoms with Gasteiger partial charge in [0.25, 0.3) is 0 Å². The van der Waals surface area contributed by atoms with Crippen molar-refractivity contribution in [3.63, 3.8) is 0 Å². The Bertz CT molecular complexity index is 799. The average molecular weight is 467 g/mol. The molecule has 1 heterocycles. The molecule has 1 aromatic carbocycles. The van der Waals surface area contributed by atoms with E-state index in [1.807, 2.05) is 30.3 Å². The molecule has 8 heteroatoms. The molecule has 2 aliphatic rings. The number of ether oxygens (including phenoxy) is 2. The highest BCUT2D eigenvalue weighted by Gasteiger charge is 2.55. The molecule has 0 amide bonds. The van der Waals surface area contributed by atoms with Crippen molar-refractivity contribution in [1.82, 2.24) is 0 Å². The monoisotopic (exact) mass is 466 g/mol.